The highest BCUT2D eigenvalue weighted by atomic mass is 35.5. The Labute approximate surface area is 177 Å². The molecule has 29 heavy (non-hydrogen) atoms. The monoisotopic (exact) mass is 432 g/mol. The molecule has 0 bridgehead atoms. The molecule has 1 saturated heterocycles. The summed E-state index contributed by atoms with van der Waals surface area (Å²) >= 11 is 11.4. The van der Waals surface area contributed by atoms with Gasteiger partial charge in [0, 0.05) is 11.6 Å². The number of para-hydroxylation sites is 1. The minimum atomic E-state index is -0.625. The predicted octanol–water partition coefficient (Wildman–Crippen LogP) is 3.20. The molecule has 0 aliphatic carbocycles. The van der Waals surface area contributed by atoms with Gasteiger partial charge in [-0.05, 0) is 36.5 Å². The molecule has 2 amide bonds. The van der Waals surface area contributed by atoms with E-state index in [1.54, 1.807) is 36.4 Å². The number of carbonyl (C=O) groups excluding carboxylic acids is 2. The van der Waals surface area contributed by atoms with Crippen molar-refractivity contribution in [3.05, 3.63) is 52.6 Å². The Morgan fingerprint density at radius 1 is 1.00 bits per heavy atom. The van der Waals surface area contributed by atoms with Crippen molar-refractivity contribution in [2.75, 3.05) is 26.2 Å². The Morgan fingerprint density at radius 2 is 1.62 bits per heavy atom. The lowest BCUT2D eigenvalue weighted by atomic mass is 10.1. The number of ether oxygens (including phenoxy) is 3. The van der Waals surface area contributed by atoms with Crippen LogP contribution >= 0.6 is 23.8 Å². The number of halogens is 1. The number of carbonyl (C=O) groups is 2. The molecule has 0 radical (unpaired) electrons. The van der Waals surface area contributed by atoms with Gasteiger partial charge >= 0.3 is 0 Å². The van der Waals surface area contributed by atoms with Crippen LogP contribution in [0.2, 0.25) is 5.02 Å². The molecule has 0 atom stereocenters. The maximum atomic E-state index is 13.1. The number of methoxy groups -OCH3 is 3. The van der Waals surface area contributed by atoms with Crippen molar-refractivity contribution in [1.82, 2.24) is 5.32 Å². The average Bonchev–Trinajstić information content (AvgIpc) is 2.71. The summed E-state index contributed by atoms with van der Waals surface area (Å²) in [5.74, 6) is 0.0316. The fraction of sp³-hybridized carbons (Fsp3) is 0.150. The third kappa shape index (κ3) is 3.90. The average molecular weight is 433 g/mol. The first kappa shape index (κ1) is 20.6. The number of thiocarbonyl (C=S) groups is 1. The van der Waals surface area contributed by atoms with Crippen LogP contribution in [-0.4, -0.2) is 38.3 Å². The van der Waals surface area contributed by atoms with Crippen LogP contribution in [0.25, 0.3) is 6.08 Å². The van der Waals surface area contributed by atoms with Gasteiger partial charge in [0.2, 0.25) is 0 Å². The highest BCUT2D eigenvalue weighted by Gasteiger charge is 2.35. The first-order valence-corrected chi connectivity index (χ1v) is 9.15. The van der Waals surface area contributed by atoms with E-state index in [1.165, 1.54) is 32.3 Å². The number of hydrogen-bond acceptors (Lipinski definition) is 6. The van der Waals surface area contributed by atoms with Crippen molar-refractivity contribution in [3.63, 3.8) is 0 Å². The Kier molecular flexibility index (Phi) is 6.05. The van der Waals surface area contributed by atoms with E-state index in [1.807, 2.05) is 0 Å². The summed E-state index contributed by atoms with van der Waals surface area (Å²) in [5.41, 5.74) is 0.689. The van der Waals surface area contributed by atoms with Gasteiger partial charge in [-0.25, -0.2) is 0 Å². The lowest BCUT2D eigenvalue weighted by molar-refractivity contribution is -0.122. The molecular formula is C20H17ClN2O5S. The number of nitrogens with zero attached hydrogens (tertiary/aromatic N) is 1. The van der Waals surface area contributed by atoms with E-state index in [2.05, 4.69) is 5.32 Å². The van der Waals surface area contributed by atoms with Gasteiger partial charge in [-0.3, -0.25) is 19.8 Å². The topological polar surface area (TPSA) is 77.1 Å². The van der Waals surface area contributed by atoms with E-state index in [9.17, 15) is 9.59 Å². The number of hydrogen-bond donors (Lipinski definition) is 1. The van der Waals surface area contributed by atoms with Gasteiger partial charge in [0.1, 0.15) is 11.3 Å². The van der Waals surface area contributed by atoms with Crippen molar-refractivity contribution in [1.29, 1.82) is 0 Å². The van der Waals surface area contributed by atoms with Crippen LogP contribution in [0.15, 0.2) is 42.0 Å². The molecule has 9 heteroatoms. The molecule has 1 aliphatic rings. The third-order valence-corrected chi connectivity index (χ3v) is 4.84. The molecule has 1 N–H and O–H groups in total. The second kappa shape index (κ2) is 8.50. The molecule has 150 valence electrons. The van der Waals surface area contributed by atoms with E-state index < -0.39 is 11.8 Å². The van der Waals surface area contributed by atoms with Crippen LogP contribution in [0.4, 0.5) is 5.69 Å². The van der Waals surface area contributed by atoms with Crippen LogP contribution in [-0.2, 0) is 9.59 Å². The third-order valence-electron chi connectivity index (χ3n) is 4.23. The Bertz CT molecular complexity index is 1040. The normalized spacial score (nSPS) is 15.4. The van der Waals surface area contributed by atoms with E-state index in [0.29, 0.717) is 33.5 Å². The van der Waals surface area contributed by atoms with E-state index in [4.69, 9.17) is 38.0 Å². The Balaban J connectivity index is 2.11. The number of nitrogens with one attached hydrogen (secondary N) is 1. The van der Waals surface area contributed by atoms with Gasteiger partial charge in [-0.15, -0.1) is 0 Å². The maximum Gasteiger partial charge on any atom is 0.270 e. The van der Waals surface area contributed by atoms with Crippen LogP contribution in [0.1, 0.15) is 5.56 Å². The lowest BCUT2D eigenvalue weighted by Gasteiger charge is -2.29. The molecule has 2 aromatic carbocycles. The zero-order valence-electron chi connectivity index (χ0n) is 15.8. The molecule has 7 nitrogen and oxygen atoms in total. The smallest absolute Gasteiger partial charge is 0.270 e. The van der Waals surface area contributed by atoms with Crippen molar-refractivity contribution >= 4 is 52.5 Å². The lowest BCUT2D eigenvalue weighted by Crippen LogP contribution is -2.54. The largest absolute Gasteiger partial charge is 0.496 e. The van der Waals surface area contributed by atoms with Crippen LogP contribution < -0.4 is 24.4 Å². The second-order valence-corrected chi connectivity index (χ2v) is 6.65. The standard InChI is InChI=1S/C20H17ClN2O5S/c1-26-15-10-17(28-3)16(27-2)9-11(15)8-12-18(24)22-20(29)23(19(12)25)14-7-5-4-6-13(14)21/h4-10H,1-3H3,(H,22,24,29)/b12-8+. The summed E-state index contributed by atoms with van der Waals surface area (Å²) in [5, 5.41) is 2.79. The molecule has 1 fully saturated rings. The number of benzene rings is 2. The SMILES string of the molecule is COc1cc(OC)c(OC)cc1/C=C1\C(=O)NC(=S)N(c2ccccc2Cl)C1=O. The quantitative estimate of drug-likeness (QED) is 0.444. The van der Waals surface area contributed by atoms with Gasteiger partial charge < -0.3 is 14.2 Å². The number of rotatable bonds is 5. The van der Waals surface area contributed by atoms with Crippen LogP contribution in [0.5, 0.6) is 17.2 Å². The van der Waals surface area contributed by atoms with Gasteiger partial charge in [0.15, 0.2) is 16.6 Å². The van der Waals surface area contributed by atoms with Crippen molar-refractivity contribution in [3.8, 4) is 17.2 Å². The number of amides is 2. The fourth-order valence-corrected chi connectivity index (χ4v) is 3.32. The van der Waals surface area contributed by atoms with E-state index >= 15 is 0 Å². The van der Waals surface area contributed by atoms with Gasteiger partial charge in [0.25, 0.3) is 11.8 Å². The second-order valence-electron chi connectivity index (χ2n) is 5.86. The Morgan fingerprint density at radius 3 is 2.24 bits per heavy atom. The fourth-order valence-electron chi connectivity index (χ4n) is 2.83. The Hall–Kier alpha value is -3.10. The predicted molar refractivity (Wildman–Crippen MR) is 114 cm³/mol. The molecule has 2 aromatic rings. The molecule has 1 heterocycles. The first-order chi connectivity index (χ1) is 13.9. The summed E-state index contributed by atoms with van der Waals surface area (Å²) in [4.78, 5) is 26.8. The maximum absolute atomic E-state index is 13.1. The zero-order chi connectivity index (χ0) is 21.1. The van der Waals surface area contributed by atoms with Crippen LogP contribution in [0.3, 0.4) is 0 Å². The van der Waals surface area contributed by atoms with Crippen molar-refractivity contribution in [2.45, 2.75) is 0 Å². The molecule has 1 aliphatic heterocycles. The highest BCUT2D eigenvalue weighted by Crippen LogP contribution is 2.36. The summed E-state index contributed by atoms with van der Waals surface area (Å²) < 4.78 is 15.9. The molecule has 0 unspecified atom stereocenters. The van der Waals surface area contributed by atoms with Crippen molar-refractivity contribution < 1.29 is 23.8 Å². The van der Waals surface area contributed by atoms with E-state index in [-0.39, 0.29) is 10.7 Å². The van der Waals surface area contributed by atoms with Gasteiger partial charge in [0.05, 0.1) is 32.0 Å². The zero-order valence-corrected chi connectivity index (χ0v) is 17.4. The summed E-state index contributed by atoms with van der Waals surface area (Å²) in [6.45, 7) is 0. The van der Waals surface area contributed by atoms with E-state index in [0.717, 1.165) is 0 Å². The first-order valence-electron chi connectivity index (χ1n) is 8.37. The van der Waals surface area contributed by atoms with Gasteiger partial charge in [-0.1, -0.05) is 23.7 Å². The summed E-state index contributed by atoms with van der Waals surface area (Å²) in [6.07, 6.45) is 1.41. The minimum Gasteiger partial charge on any atom is -0.496 e. The van der Waals surface area contributed by atoms with Gasteiger partial charge in [-0.2, -0.15) is 0 Å². The summed E-state index contributed by atoms with van der Waals surface area (Å²) in [7, 11) is 4.45. The molecule has 0 spiro atoms. The molecule has 0 aromatic heterocycles. The van der Waals surface area contributed by atoms with Crippen LogP contribution in [0, 0.1) is 0 Å². The highest BCUT2D eigenvalue weighted by molar-refractivity contribution is 7.80. The number of anilines is 1. The summed E-state index contributed by atoms with van der Waals surface area (Å²) in [6, 6.07) is 9.93. The van der Waals surface area contributed by atoms with Crippen molar-refractivity contribution in [2.24, 2.45) is 0 Å². The molecule has 3 rings (SSSR count). The molecular weight excluding hydrogens is 416 g/mol. The molecule has 0 saturated carbocycles. The minimum absolute atomic E-state index is 0.0514.